The van der Waals surface area contributed by atoms with Crippen molar-refractivity contribution in [2.24, 2.45) is 0 Å². The number of hydrogen-bond acceptors (Lipinski definition) is 0. The van der Waals surface area contributed by atoms with Crippen molar-refractivity contribution in [3.8, 4) is 0 Å². The van der Waals surface area contributed by atoms with Crippen LogP contribution >= 0.6 is 15.9 Å². The standard InChI is InChI=1S/C10H9BrF2/c1-7(11)2-3-8-4-5-9(12)10(13)6-8/h4-6H,1-3H2. The number of rotatable bonds is 3. The highest BCUT2D eigenvalue weighted by Crippen LogP contribution is 2.14. The van der Waals surface area contributed by atoms with Crippen molar-refractivity contribution < 1.29 is 8.78 Å². The second kappa shape index (κ2) is 4.51. The molecule has 1 aromatic rings. The molecule has 70 valence electrons. The Bertz CT molecular complexity index is 321. The van der Waals surface area contributed by atoms with Gasteiger partial charge in [0.1, 0.15) is 0 Å². The maximum Gasteiger partial charge on any atom is 0.159 e. The molecule has 0 amide bonds. The zero-order valence-electron chi connectivity index (χ0n) is 6.99. The van der Waals surface area contributed by atoms with Crippen LogP contribution in [-0.2, 0) is 6.42 Å². The van der Waals surface area contributed by atoms with Gasteiger partial charge in [0, 0.05) is 0 Å². The molecule has 0 aliphatic carbocycles. The van der Waals surface area contributed by atoms with Crippen LogP contribution in [0.25, 0.3) is 0 Å². The van der Waals surface area contributed by atoms with Crippen LogP contribution in [0.15, 0.2) is 29.3 Å². The van der Waals surface area contributed by atoms with Gasteiger partial charge >= 0.3 is 0 Å². The molecule has 0 aliphatic heterocycles. The summed E-state index contributed by atoms with van der Waals surface area (Å²) in [6, 6.07) is 3.93. The van der Waals surface area contributed by atoms with E-state index in [-0.39, 0.29) is 0 Å². The number of hydrogen-bond donors (Lipinski definition) is 0. The van der Waals surface area contributed by atoms with Crippen molar-refractivity contribution in [1.82, 2.24) is 0 Å². The quantitative estimate of drug-likeness (QED) is 0.761. The SMILES string of the molecule is C=C(Br)CCc1ccc(F)c(F)c1. The molecule has 3 heteroatoms. The van der Waals surface area contributed by atoms with Crippen molar-refractivity contribution in [2.45, 2.75) is 12.8 Å². The van der Waals surface area contributed by atoms with Gasteiger partial charge in [-0.1, -0.05) is 28.6 Å². The topological polar surface area (TPSA) is 0 Å². The van der Waals surface area contributed by atoms with E-state index >= 15 is 0 Å². The zero-order valence-corrected chi connectivity index (χ0v) is 8.57. The van der Waals surface area contributed by atoms with Gasteiger partial charge in [-0.25, -0.2) is 8.78 Å². The first-order chi connectivity index (χ1) is 6.09. The highest BCUT2D eigenvalue weighted by Gasteiger charge is 2.02. The summed E-state index contributed by atoms with van der Waals surface area (Å²) in [5, 5.41) is 0. The van der Waals surface area contributed by atoms with Gasteiger partial charge < -0.3 is 0 Å². The van der Waals surface area contributed by atoms with Crippen molar-refractivity contribution >= 4 is 15.9 Å². The van der Waals surface area contributed by atoms with E-state index in [2.05, 4.69) is 22.5 Å². The van der Waals surface area contributed by atoms with E-state index in [1.54, 1.807) is 6.07 Å². The summed E-state index contributed by atoms with van der Waals surface area (Å²) < 4.78 is 26.0. The molecule has 1 aromatic carbocycles. The van der Waals surface area contributed by atoms with Crippen LogP contribution in [0.3, 0.4) is 0 Å². The first-order valence-electron chi connectivity index (χ1n) is 3.87. The van der Waals surface area contributed by atoms with Crippen LogP contribution in [0.1, 0.15) is 12.0 Å². The summed E-state index contributed by atoms with van der Waals surface area (Å²) in [5.74, 6) is -1.60. The van der Waals surface area contributed by atoms with E-state index in [1.165, 1.54) is 6.07 Å². The van der Waals surface area contributed by atoms with Gasteiger partial charge in [0.05, 0.1) is 0 Å². The lowest BCUT2D eigenvalue weighted by Crippen LogP contribution is -1.89. The summed E-state index contributed by atoms with van der Waals surface area (Å²) in [6.07, 6.45) is 1.40. The second-order valence-corrected chi connectivity index (χ2v) is 3.89. The number of halogens is 3. The first-order valence-corrected chi connectivity index (χ1v) is 4.66. The van der Waals surface area contributed by atoms with E-state index in [4.69, 9.17) is 0 Å². The normalized spacial score (nSPS) is 10.1. The largest absolute Gasteiger partial charge is 0.204 e. The molecule has 0 heterocycles. The third-order valence-corrected chi connectivity index (χ3v) is 2.07. The van der Waals surface area contributed by atoms with Crippen LogP contribution in [0.2, 0.25) is 0 Å². The molecule has 0 radical (unpaired) electrons. The fourth-order valence-electron chi connectivity index (χ4n) is 0.975. The smallest absolute Gasteiger partial charge is 0.159 e. The third kappa shape index (κ3) is 3.27. The number of aryl methyl sites for hydroxylation is 1. The predicted octanol–water partition coefficient (Wildman–Crippen LogP) is 3.81. The third-order valence-electron chi connectivity index (χ3n) is 1.67. The van der Waals surface area contributed by atoms with Crippen LogP contribution in [0.4, 0.5) is 8.78 Å². The summed E-state index contributed by atoms with van der Waals surface area (Å²) in [4.78, 5) is 0. The molecule has 0 saturated carbocycles. The Balaban J connectivity index is 2.68. The predicted molar refractivity (Wildman–Crippen MR) is 52.7 cm³/mol. The minimum atomic E-state index is -0.804. The summed E-state index contributed by atoms with van der Waals surface area (Å²) in [6.45, 7) is 3.66. The van der Waals surface area contributed by atoms with Crippen molar-refractivity contribution in [3.63, 3.8) is 0 Å². The van der Waals surface area contributed by atoms with Crippen LogP contribution in [0.5, 0.6) is 0 Å². The first kappa shape index (κ1) is 10.4. The molecule has 0 fully saturated rings. The summed E-state index contributed by atoms with van der Waals surface area (Å²) in [7, 11) is 0. The molecule has 13 heavy (non-hydrogen) atoms. The lowest BCUT2D eigenvalue weighted by Gasteiger charge is -2.00. The van der Waals surface area contributed by atoms with Crippen molar-refractivity contribution in [3.05, 3.63) is 46.5 Å². The fourth-order valence-corrected chi connectivity index (χ4v) is 1.17. The minimum Gasteiger partial charge on any atom is -0.204 e. The Morgan fingerprint density at radius 1 is 1.31 bits per heavy atom. The van der Waals surface area contributed by atoms with Crippen LogP contribution < -0.4 is 0 Å². The summed E-state index contributed by atoms with van der Waals surface area (Å²) in [5.41, 5.74) is 0.777. The van der Waals surface area contributed by atoms with Gasteiger partial charge in [0.15, 0.2) is 11.6 Å². The highest BCUT2D eigenvalue weighted by molar-refractivity contribution is 9.11. The van der Waals surface area contributed by atoms with Gasteiger partial charge in [-0.15, -0.1) is 0 Å². The second-order valence-electron chi connectivity index (χ2n) is 2.77. The van der Waals surface area contributed by atoms with E-state index < -0.39 is 11.6 Å². The molecule has 0 aliphatic rings. The maximum absolute atomic E-state index is 12.7. The average molecular weight is 247 g/mol. The Kier molecular flexibility index (Phi) is 3.60. The van der Waals surface area contributed by atoms with Crippen molar-refractivity contribution in [1.29, 1.82) is 0 Å². The number of allylic oxidation sites excluding steroid dienone is 1. The van der Waals surface area contributed by atoms with E-state index in [0.29, 0.717) is 6.42 Å². The molecule has 0 bridgehead atoms. The average Bonchev–Trinajstić information content (AvgIpc) is 2.07. The number of benzene rings is 1. The Labute approximate surface area is 84.4 Å². The molecular weight excluding hydrogens is 238 g/mol. The van der Waals surface area contributed by atoms with Crippen LogP contribution in [0, 0.1) is 11.6 Å². The van der Waals surface area contributed by atoms with Gasteiger partial charge in [-0.05, 0) is 35.0 Å². The molecule has 0 saturated heterocycles. The monoisotopic (exact) mass is 246 g/mol. The molecule has 1 rings (SSSR count). The molecule has 0 atom stereocenters. The molecule has 0 aromatic heterocycles. The molecule has 0 nitrogen and oxygen atoms in total. The lowest BCUT2D eigenvalue weighted by molar-refractivity contribution is 0.507. The molecule has 0 N–H and O–H groups in total. The van der Waals surface area contributed by atoms with E-state index in [9.17, 15) is 8.78 Å². The minimum absolute atomic E-state index is 0.668. The van der Waals surface area contributed by atoms with Crippen LogP contribution in [-0.4, -0.2) is 0 Å². The molecule has 0 unspecified atom stereocenters. The molecular formula is C10H9BrF2. The fraction of sp³-hybridized carbons (Fsp3) is 0.200. The zero-order chi connectivity index (χ0) is 9.84. The molecule has 0 spiro atoms. The van der Waals surface area contributed by atoms with Crippen molar-refractivity contribution in [2.75, 3.05) is 0 Å². The lowest BCUT2D eigenvalue weighted by atomic mass is 10.1. The maximum atomic E-state index is 12.7. The Morgan fingerprint density at radius 3 is 2.54 bits per heavy atom. The Morgan fingerprint density at radius 2 is 2.00 bits per heavy atom. The van der Waals surface area contributed by atoms with E-state index in [0.717, 1.165) is 22.5 Å². The summed E-state index contributed by atoms with van der Waals surface area (Å²) >= 11 is 3.20. The highest BCUT2D eigenvalue weighted by atomic mass is 79.9. The Hall–Kier alpha value is -0.700. The van der Waals surface area contributed by atoms with Gasteiger partial charge in [0.25, 0.3) is 0 Å². The van der Waals surface area contributed by atoms with Gasteiger partial charge in [-0.3, -0.25) is 0 Å². The van der Waals surface area contributed by atoms with Gasteiger partial charge in [0.2, 0.25) is 0 Å². The van der Waals surface area contributed by atoms with E-state index in [1.807, 2.05) is 0 Å². The van der Waals surface area contributed by atoms with Gasteiger partial charge in [-0.2, -0.15) is 0 Å².